The molecule has 1 aliphatic heterocycles. The van der Waals surface area contributed by atoms with E-state index in [4.69, 9.17) is 5.11 Å². The molecule has 1 heterocycles. The van der Waals surface area contributed by atoms with E-state index in [0.717, 1.165) is 5.56 Å². The fourth-order valence-corrected chi connectivity index (χ4v) is 4.03. The van der Waals surface area contributed by atoms with Gasteiger partial charge in [-0.15, -0.1) is 0 Å². The van der Waals surface area contributed by atoms with Gasteiger partial charge in [0.2, 0.25) is 15.9 Å². The van der Waals surface area contributed by atoms with Gasteiger partial charge in [-0.25, -0.2) is 13.1 Å². The number of nitrogens with zero attached hydrogens (tertiary/aromatic N) is 1. The minimum absolute atomic E-state index is 0.114. The van der Waals surface area contributed by atoms with E-state index in [1.54, 1.807) is 13.0 Å². The Balaban J connectivity index is 1.87. The number of anilines is 1. The minimum Gasteiger partial charge on any atom is -0.481 e. The Morgan fingerprint density at radius 2 is 2.09 bits per heavy atom. The number of carboxylic acid groups (broad SMARTS) is 1. The van der Waals surface area contributed by atoms with E-state index in [0.29, 0.717) is 25.1 Å². The van der Waals surface area contributed by atoms with Gasteiger partial charge >= 0.3 is 5.97 Å². The summed E-state index contributed by atoms with van der Waals surface area (Å²) < 4.78 is 26.6. The van der Waals surface area contributed by atoms with Crippen molar-refractivity contribution in [1.29, 1.82) is 0 Å². The highest BCUT2D eigenvalue weighted by Gasteiger charge is 2.50. The van der Waals surface area contributed by atoms with Crippen molar-refractivity contribution in [1.82, 2.24) is 4.72 Å². The lowest BCUT2D eigenvalue weighted by Gasteiger charge is -2.18. The van der Waals surface area contributed by atoms with Gasteiger partial charge in [-0.1, -0.05) is 13.0 Å². The summed E-state index contributed by atoms with van der Waals surface area (Å²) in [5.74, 6) is -2.28. The molecule has 2 unspecified atom stereocenters. The molecule has 2 atom stereocenters. The SMILES string of the molecule is CCNS(=O)(=O)c1ccc2c(c1)N(C(=O)C1CC1C(=O)O)CC2. The number of benzene rings is 1. The second-order valence-corrected chi connectivity index (χ2v) is 7.59. The number of fused-ring (bicyclic) bond motifs is 1. The Kier molecular flexibility index (Phi) is 3.89. The molecule has 124 valence electrons. The average molecular weight is 338 g/mol. The van der Waals surface area contributed by atoms with Gasteiger partial charge in [-0.2, -0.15) is 0 Å². The van der Waals surface area contributed by atoms with Crippen molar-refractivity contribution in [2.75, 3.05) is 18.0 Å². The van der Waals surface area contributed by atoms with E-state index >= 15 is 0 Å². The monoisotopic (exact) mass is 338 g/mol. The highest BCUT2D eigenvalue weighted by atomic mass is 32.2. The summed E-state index contributed by atoms with van der Waals surface area (Å²) in [6.07, 6.45) is 1.00. The third kappa shape index (κ3) is 2.84. The number of nitrogens with one attached hydrogen (secondary N) is 1. The van der Waals surface area contributed by atoms with Crippen LogP contribution in [-0.4, -0.2) is 38.5 Å². The second kappa shape index (κ2) is 5.61. The van der Waals surface area contributed by atoms with E-state index in [9.17, 15) is 18.0 Å². The molecule has 1 amide bonds. The minimum atomic E-state index is -3.59. The van der Waals surface area contributed by atoms with Crippen LogP contribution < -0.4 is 9.62 Å². The van der Waals surface area contributed by atoms with Crippen LogP contribution in [0.3, 0.4) is 0 Å². The predicted octanol–water partition coefficient (Wildman–Crippen LogP) is 0.595. The molecule has 2 N–H and O–H groups in total. The van der Waals surface area contributed by atoms with Gasteiger partial charge in [-0.3, -0.25) is 9.59 Å². The van der Waals surface area contributed by atoms with Gasteiger partial charge in [0.25, 0.3) is 0 Å². The zero-order valence-corrected chi connectivity index (χ0v) is 13.5. The highest BCUT2D eigenvalue weighted by Crippen LogP contribution is 2.42. The number of rotatable bonds is 5. The van der Waals surface area contributed by atoms with Crippen LogP contribution in [0, 0.1) is 11.8 Å². The van der Waals surface area contributed by atoms with Crippen molar-refractivity contribution in [2.24, 2.45) is 11.8 Å². The molecular formula is C15H18N2O5S. The molecule has 0 spiro atoms. The quantitative estimate of drug-likeness (QED) is 0.818. The molecule has 0 aromatic heterocycles. The van der Waals surface area contributed by atoms with Crippen LogP contribution in [0.5, 0.6) is 0 Å². The summed E-state index contributed by atoms with van der Waals surface area (Å²) >= 11 is 0. The summed E-state index contributed by atoms with van der Waals surface area (Å²) in [6, 6.07) is 4.74. The third-order valence-corrected chi connectivity index (χ3v) is 5.83. The number of sulfonamides is 1. The molecule has 2 aliphatic rings. The Bertz CT molecular complexity index is 774. The number of carboxylic acids is 1. The number of amides is 1. The maximum Gasteiger partial charge on any atom is 0.307 e. The molecule has 0 saturated heterocycles. The van der Waals surface area contributed by atoms with Gasteiger partial charge in [0.1, 0.15) is 0 Å². The van der Waals surface area contributed by atoms with Crippen LogP contribution in [0.15, 0.2) is 23.1 Å². The zero-order valence-electron chi connectivity index (χ0n) is 12.7. The molecule has 0 bridgehead atoms. The number of carbonyl (C=O) groups excluding carboxylic acids is 1. The van der Waals surface area contributed by atoms with Crippen LogP contribution in [0.1, 0.15) is 18.9 Å². The first-order valence-corrected chi connectivity index (χ1v) is 9.00. The van der Waals surface area contributed by atoms with E-state index < -0.39 is 27.8 Å². The molecule has 1 saturated carbocycles. The lowest BCUT2D eigenvalue weighted by molar-refractivity contribution is -0.140. The maximum atomic E-state index is 12.5. The molecule has 23 heavy (non-hydrogen) atoms. The Labute approximate surface area is 134 Å². The average Bonchev–Trinajstić information content (AvgIpc) is 3.19. The van der Waals surface area contributed by atoms with Gasteiger partial charge in [0.15, 0.2) is 0 Å². The van der Waals surface area contributed by atoms with Crippen molar-refractivity contribution in [3.05, 3.63) is 23.8 Å². The number of carbonyl (C=O) groups is 2. The van der Waals surface area contributed by atoms with Crippen molar-refractivity contribution >= 4 is 27.6 Å². The summed E-state index contributed by atoms with van der Waals surface area (Å²) in [7, 11) is -3.59. The molecular weight excluding hydrogens is 320 g/mol. The Morgan fingerprint density at radius 3 is 2.70 bits per heavy atom. The summed E-state index contributed by atoms with van der Waals surface area (Å²) in [5.41, 5.74) is 1.48. The molecule has 1 fully saturated rings. The summed E-state index contributed by atoms with van der Waals surface area (Å²) in [5, 5.41) is 8.96. The highest BCUT2D eigenvalue weighted by molar-refractivity contribution is 7.89. The van der Waals surface area contributed by atoms with E-state index in [1.165, 1.54) is 17.0 Å². The van der Waals surface area contributed by atoms with Gasteiger partial charge in [-0.05, 0) is 30.5 Å². The van der Waals surface area contributed by atoms with Crippen LogP contribution in [0.2, 0.25) is 0 Å². The van der Waals surface area contributed by atoms with E-state index in [-0.39, 0.29) is 17.3 Å². The maximum absolute atomic E-state index is 12.5. The first kappa shape index (κ1) is 15.9. The number of aliphatic carboxylic acids is 1. The second-order valence-electron chi connectivity index (χ2n) is 5.82. The molecule has 1 aromatic rings. The fourth-order valence-electron chi connectivity index (χ4n) is 2.97. The van der Waals surface area contributed by atoms with E-state index in [2.05, 4.69) is 4.72 Å². The molecule has 1 aromatic carbocycles. The first-order chi connectivity index (χ1) is 10.8. The third-order valence-electron chi connectivity index (χ3n) is 4.29. The standard InChI is InChI=1S/C15H18N2O5S/c1-2-16-23(21,22)10-4-3-9-5-6-17(13(9)7-10)14(18)11-8-12(11)15(19)20/h3-4,7,11-12,16H,2,5-6,8H2,1H3,(H,19,20). The molecule has 0 radical (unpaired) electrons. The van der Waals surface area contributed by atoms with Gasteiger partial charge in [0.05, 0.1) is 16.7 Å². The molecule has 8 heteroatoms. The molecule has 7 nitrogen and oxygen atoms in total. The molecule has 1 aliphatic carbocycles. The van der Waals surface area contributed by atoms with Crippen molar-refractivity contribution in [3.63, 3.8) is 0 Å². The topological polar surface area (TPSA) is 104 Å². The Hall–Kier alpha value is -1.93. The largest absolute Gasteiger partial charge is 0.481 e. The van der Waals surface area contributed by atoms with Crippen LogP contribution >= 0.6 is 0 Å². The lowest BCUT2D eigenvalue weighted by Crippen LogP contribution is -2.31. The van der Waals surface area contributed by atoms with Crippen molar-refractivity contribution in [2.45, 2.75) is 24.7 Å². The lowest BCUT2D eigenvalue weighted by atomic mass is 10.2. The predicted molar refractivity (Wildman–Crippen MR) is 82.6 cm³/mol. The summed E-state index contributed by atoms with van der Waals surface area (Å²) in [6.45, 7) is 2.44. The fraction of sp³-hybridized carbons (Fsp3) is 0.467. The Morgan fingerprint density at radius 1 is 1.35 bits per heavy atom. The zero-order chi connectivity index (χ0) is 16.8. The van der Waals surface area contributed by atoms with Crippen LogP contribution in [0.4, 0.5) is 5.69 Å². The smallest absolute Gasteiger partial charge is 0.307 e. The van der Waals surface area contributed by atoms with Crippen molar-refractivity contribution < 1.29 is 23.1 Å². The first-order valence-electron chi connectivity index (χ1n) is 7.52. The normalized spacial score (nSPS) is 22.7. The number of hydrogen-bond acceptors (Lipinski definition) is 4. The van der Waals surface area contributed by atoms with E-state index in [1.807, 2.05) is 0 Å². The van der Waals surface area contributed by atoms with Crippen LogP contribution in [0.25, 0.3) is 0 Å². The number of hydrogen-bond donors (Lipinski definition) is 2. The van der Waals surface area contributed by atoms with Gasteiger partial charge < -0.3 is 10.0 Å². The summed E-state index contributed by atoms with van der Waals surface area (Å²) in [4.78, 5) is 25.0. The van der Waals surface area contributed by atoms with Crippen LogP contribution in [-0.2, 0) is 26.0 Å². The molecule has 3 rings (SSSR count). The van der Waals surface area contributed by atoms with Crippen molar-refractivity contribution in [3.8, 4) is 0 Å². The van der Waals surface area contributed by atoms with Gasteiger partial charge in [0, 0.05) is 18.8 Å².